The van der Waals surface area contributed by atoms with Crippen molar-refractivity contribution in [3.63, 3.8) is 0 Å². The maximum absolute atomic E-state index is 13.0. The van der Waals surface area contributed by atoms with E-state index in [9.17, 15) is 9.18 Å². The highest BCUT2D eigenvalue weighted by Gasteiger charge is 2.09. The maximum atomic E-state index is 13.0. The highest BCUT2D eigenvalue weighted by atomic mass is 79.9. The first-order valence-electron chi connectivity index (χ1n) is 4.14. The molecular formula is C10H10BrFO2. The minimum atomic E-state index is -0.335. The van der Waals surface area contributed by atoms with Crippen molar-refractivity contribution >= 4 is 22.2 Å². The second-order valence-corrected chi connectivity index (χ2v) is 3.64. The van der Waals surface area contributed by atoms with Gasteiger partial charge in [0, 0.05) is 6.42 Å². The topological polar surface area (TPSA) is 26.3 Å². The first kappa shape index (κ1) is 11.2. The van der Waals surface area contributed by atoms with Gasteiger partial charge in [-0.25, -0.2) is 4.39 Å². The molecule has 14 heavy (non-hydrogen) atoms. The molecular weight excluding hydrogens is 251 g/mol. The van der Waals surface area contributed by atoms with E-state index >= 15 is 0 Å². The lowest BCUT2D eigenvalue weighted by molar-refractivity contribution is -0.107. The summed E-state index contributed by atoms with van der Waals surface area (Å²) in [7, 11) is 1.52. The summed E-state index contributed by atoms with van der Waals surface area (Å²) in [5, 5.41) is 0. The second-order valence-electron chi connectivity index (χ2n) is 2.79. The van der Waals surface area contributed by atoms with Gasteiger partial charge in [-0.3, -0.25) is 0 Å². The van der Waals surface area contributed by atoms with Gasteiger partial charge in [0.05, 0.1) is 11.6 Å². The van der Waals surface area contributed by atoms with Crippen LogP contribution < -0.4 is 4.74 Å². The summed E-state index contributed by atoms with van der Waals surface area (Å²) in [5.74, 6) is 0.256. The molecule has 0 bridgehead atoms. The molecule has 76 valence electrons. The van der Waals surface area contributed by atoms with Crippen LogP contribution in [0.4, 0.5) is 4.39 Å². The molecule has 1 rings (SSSR count). The molecule has 0 heterocycles. The van der Waals surface area contributed by atoms with Gasteiger partial charge >= 0.3 is 0 Å². The van der Waals surface area contributed by atoms with Crippen molar-refractivity contribution in [3.8, 4) is 5.75 Å². The average Bonchev–Trinajstić information content (AvgIpc) is 2.14. The Bertz CT molecular complexity index is 339. The SMILES string of the molecule is COc1c(Br)cc(F)cc1CCC=O. The van der Waals surface area contributed by atoms with Crippen LogP contribution in [-0.2, 0) is 11.2 Å². The lowest BCUT2D eigenvalue weighted by atomic mass is 10.1. The molecule has 0 fully saturated rings. The summed E-state index contributed by atoms with van der Waals surface area (Å²) in [6.07, 6.45) is 1.66. The smallest absolute Gasteiger partial charge is 0.136 e. The minimum absolute atomic E-state index is 0.335. The van der Waals surface area contributed by atoms with Crippen molar-refractivity contribution in [2.75, 3.05) is 7.11 Å². The molecule has 0 radical (unpaired) electrons. The average molecular weight is 261 g/mol. The van der Waals surface area contributed by atoms with Crippen molar-refractivity contribution in [1.29, 1.82) is 0 Å². The monoisotopic (exact) mass is 260 g/mol. The zero-order valence-electron chi connectivity index (χ0n) is 7.72. The Morgan fingerprint density at radius 1 is 1.57 bits per heavy atom. The summed E-state index contributed by atoms with van der Waals surface area (Å²) in [5.41, 5.74) is 0.700. The Hall–Kier alpha value is -0.900. The van der Waals surface area contributed by atoms with Gasteiger partial charge in [-0.2, -0.15) is 0 Å². The molecule has 1 aromatic carbocycles. The molecule has 0 atom stereocenters. The lowest BCUT2D eigenvalue weighted by Gasteiger charge is -2.09. The number of benzene rings is 1. The Morgan fingerprint density at radius 2 is 2.29 bits per heavy atom. The van der Waals surface area contributed by atoms with Gasteiger partial charge in [0.25, 0.3) is 0 Å². The number of ether oxygens (including phenoxy) is 1. The van der Waals surface area contributed by atoms with Crippen LogP contribution in [0.25, 0.3) is 0 Å². The van der Waals surface area contributed by atoms with Crippen molar-refractivity contribution in [2.45, 2.75) is 12.8 Å². The van der Waals surface area contributed by atoms with Crippen LogP contribution in [0, 0.1) is 5.82 Å². The second kappa shape index (κ2) is 5.10. The molecule has 0 aliphatic carbocycles. The lowest BCUT2D eigenvalue weighted by Crippen LogP contribution is -1.95. The van der Waals surface area contributed by atoms with Gasteiger partial charge in [-0.15, -0.1) is 0 Å². The van der Waals surface area contributed by atoms with E-state index in [0.717, 1.165) is 6.29 Å². The van der Waals surface area contributed by atoms with Crippen LogP contribution in [-0.4, -0.2) is 13.4 Å². The molecule has 0 saturated heterocycles. The van der Waals surface area contributed by atoms with E-state index in [4.69, 9.17) is 4.74 Å². The molecule has 1 aromatic rings. The molecule has 0 unspecified atom stereocenters. The van der Waals surface area contributed by atoms with Gasteiger partial charge < -0.3 is 9.53 Å². The summed E-state index contributed by atoms with van der Waals surface area (Å²) in [6, 6.07) is 2.72. The Kier molecular flexibility index (Phi) is 4.07. The fourth-order valence-electron chi connectivity index (χ4n) is 1.24. The Labute approximate surface area is 90.2 Å². The van der Waals surface area contributed by atoms with Gasteiger partial charge in [-0.1, -0.05) is 0 Å². The summed E-state index contributed by atoms with van der Waals surface area (Å²) in [4.78, 5) is 10.2. The third kappa shape index (κ3) is 2.54. The van der Waals surface area contributed by atoms with Gasteiger partial charge in [0.1, 0.15) is 17.9 Å². The van der Waals surface area contributed by atoms with Crippen LogP contribution in [0.5, 0.6) is 5.75 Å². The molecule has 0 aliphatic rings. The number of carbonyl (C=O) groups excluding carboxylic acids is 1. The zero-order chi connectivity index (χ0) is 10.6. The van der Waals surface area contributed by atoms with Crippen LogP contribution in [0.3, 0.4) is 0 Å². The predicted octanol–water partition coefficient (Wildman–Crippen LogP) is 2.73. The standard InChI is InChI=1S/C10H10BrFO2/c1-14-10-7(3-2-4-13)5-8(12)6-9(10)11/h4-6H,2-3H2,1H3. The molecule has 4 heteroatoms. The van der Waals surface area contributed by atoms with Crippen LogP contribution in [0.1, 0.15) is 12.0 Å². The van der Waals surface area contributed by atoms with E-state index in [0.29, 0.717) is 28.6 Å². The van der Waals surface area contributed by atoms with Crippen LogP contribution in [0.2, 0.25) is 0 Å². The molecule has 0 aliphatic heterocycles. The van der Waals surface area contributed by atoms with Crippen molar-refractivity contribution in [2.24, 2.45) is 0 Å². The van der Waals surface area contributed by atoms with Crippen molar-refractivity contribution in [3.05, 3.63) is 28.0 Å². The predicted molar refractivity (Wildman–Crippen MR) is 55.0 cm³/mol. The number of aryl methyl sites for hydroxylation is 1. The number of methoxy groups -OCH3 is 1. The fraction of sp³-hybridized carbons (Fsp3) is 0.300. The van der Waals surface area contributed by atoms with E-state index in [2.05, 4.69) is 15.9 Å². The first-order chi connectivity index (χ1) is 6.69. The van der Waals surface area contributed by atoms with Gasteiger partial charge in [0.2, 0.25) is 0 Å². The molecule has 2 nitrogen and oxygen atoms in total. The summed E-state index contributed by atoms with van der Waals surface area (Å²) < 4.78 is 18.7. The van der Waals surface area contributed by atoms with Crippen molar-refractivity contribution in [1.82, 2.24) is 0 Å². The third-order valence-corrected chi connectivity index (χ3v) is 2.41. The van der Waals surface area contributed by atoms with E-state index in [1.54, 1.807) is 0 Å². The normalized spacial score (nSPS) is 9.93. The summed E-state index contributed by atoms with van der Waals surface area (Å²) in [6.45, 7) is 0. The van der Waals surface area contributed by atoms with Crippen LogP contribution >= 0.6 is 15.9 Å². The third-order valence-electron chi connectivity index (χ3n) is 1.82. The van der Waals surface area contributed by atoms with E-state index in [1.807, 2.05) is 0 Å². The highest BCUT2D eigenvalue weighted by Crippen LogP contribution is 2.30. The summed E-state index contributed by atoms with van der Waals surface area (Å²) >= 11 is 3.20. The fourth-order valence-corrected chi connectivity index (χ4v) is 1.88. The van der Waals surface area contributed by atoms with E-state index in [-0.39, 0.29) is 5.82 Å². The largest absolute Gasteiger partial charge is 0.495 e. The van der Waals surface area contributed by atoms with Gasteiger partial charge in [-0.05, 0) is 40.0 Å². The Morgan fingerprint density at radius 3 is 2.86 bits per heavy atom. The number of aldehydes is 1. The van der Waals surface area contributed by atoms with E-state index < -0.39 is 0 Å². The molecule has 0 aromatic heterocycles. The molecule has 0 amide bonds. The van der Waals surface area contributed by atoms with E-state index in [1.165, 1.54) is 19.2 Å². The maximum Gasteiger partial charge on any atom is 0.136 e. The number of halogens is 2. The quantitative estimate of drug-likeness (QED) is 0.779. The Balaban J connectivity index is 3.04. The molecule has 0 spiro atoms. The minimum Gasteiger partial charge on any atom is -0.495 e. The number of hydrogen-bond acceptors (Lipinski definition) is 2. The van der Waals surface area contributed by atoms with Crippen molar-refractivity contribution < 1.29 is 13.9 Å². The van der Waals surface area contributed by atoms with Crippen LogP contribution in [0.15, 0.2) is 16.6 Å². The number of carbonyl (C=O) groups is 1. The zero-order valence-corrected chi connectivity index (χ0v) is 9.30. The molecule has 0 N–H and O–H groups in total. The highest BCUT2D eigenvalue weighted by molar-refractivity contribution is 9.10. The molecule has 0 saturated carbocycles. The number of rotatable bonds is 4. The number of hydrogen-bond donors (Lipinski definition) is 0. The first-order valence-corrected chi connectivity index (χ1v) is 4.94. The van der Waals surface area contributed by atoms with Gasteiger partial charge in [0.15, 0.2) is 0 Å².